The zero-order chi connectivity index (χ0) is 28.5. The van der Waals surface area contributed by atoms with Gasteiger partial charge in [0.2, 0.25) is 0 Å². The van der Waals surface area contributed by atoms with E-state index in [9.17, 15) is 4.79 Å². The maximum absolute atomic E-state index is 13.2. The smallest absolute Gasteiger partial charge is 0.338 e. The van der Waals surface area contributed by atoms with Crippen molar-refractivity contribution in [2.24, 2.45) is 0 Å². The molecule has 1 heterocycles. The molecule has 0 atom stereocenters. The number of ether oxygens (including phenoxy) is 4. The maximum Gasteiger partial charge on any atom is 0.338 e. The van der Waals surface area contributed by atoms with Crippen molar-refractivity contribution in [1.82, 2.24) is 0 Å². The van der Waals surface area contributed by atoms with Gasteiger partial charge in [-0.1, -0.05) is 84.9 Å². The van der Waals surface area contributed by atoms with Crippen molar-refractivity contribution in [1.29, 1.82) is 0 Å². The molecule has 0 saturated carbocycles. The minimum Gasteiger partial charge on any atom is -0.497 e. The molecule has 0 amide bonds. The molecule has 0 fully saturated rings. The van der Waals surface area contributed by atoms with Crippen molar-refractivity contribution >= 4 is 27.5 Å². The summed E-state index contributed by atoms with van der Waals surface area (Å²) in [4.78, 5) is 13.2. The maximum atomic E-state index is 13.2. The summed E-state index contributed by atoms with van der Waals surface area (Å²) in [5.74, 6) is 1.82. The largest absolute Gasteiger partial charge is 0.497 e. The Balaban J connectivity index is 1.19. The fourth-order valence-corrected chi connectivity index (χ4v) is 5.54. The SMILES string of the molecule is COc1ccc(-c2ccc(C(=O)OC3COc4ccc5ccccc5c4-c4c(ccc5ccccc45)OC3)cc2)cc1. The van der Waals surface area contributed by atoms with Gasteiger partial charge in [-0.3, -0.25) is 0 Å². The molecule has 0 saturated heterocycles. The van der Waals surface area contributed by atoms with Crippen LogP contribution >= 0.6 is 0 Å². The molecule has 1 aliphatic rings. The van der Waals surface area contributed by atoms with Crippen LogP contribution < -0.4 is 14.2 Å². The van der Waals surface area contributed by atoms with Gasteiger partial charge >= 0.3 is 5.97 Å². The highest BCUT2D eigenvalue weighted by molar-refractivity contribution is 6.09. The lowest BCUT2D eigenvalue weighted by atomic mass is 9.92. The van der Waals surface area contributed by atoms with Crippen LogP contribution in [0.25, 0.3) is 43.8 Å². The van der Waals surface area contributed by atoms with E-state index in [4.69, 9.17) is 18.9 Å². The third-order valence-electron chi connectivity index (χ3n) is 7.70. The standard InChI is InChI=1S/C37H28O5/c1-39-29-18-14-25(15-19-29)24-10-12-28(13-11-24)37(38)42-30-22-40-33-20-16-26-6-2-4-8-31(26)35(33)36-32-9-5-3-7-27(32)17-21-34(36)41-23-30/h2-21,30H,22-23H2,1H3. The van der Waals surface area contributed by atoms with Crippen molar-refractivity contribution < 1.29 is 23.7 Å². The Morgan fingerprint density at radius 1 is 0.619 bits per heavy atom. The third kappa shape index (κ3) is 4.79. The number of benzene rings is 6. The monoisotopic (exact) mass is 552 g/mol. The van der Waals surface area contributed by atoms with Gasteiger partial charge in [0.25, 0.3) is 0 Å². The molecule has 0 N–H and O–H groups in total. The van der Waals surface area contributed by atoms with E-state index >= 15 is 0 Å². The predicted molar refractivity (Wildman–Crippen MR) is 166 cm³/mol. The average molecular weight is 553 g/mol. The number of hydrogen-bond acceptors (Lipinski definition) is 5. The molecular formula is C37H28O5. The van der Waals surface area contributed by atoms with Crippen LogP contribution in [0.3, 0.4) is 0 Å². The van der Waals surface area contributed by atoms with E-state index in [1.54, 1.807) is 19.2 Å². The first kappa shape index (κ1) is 25.7. The highest BCUT2D eigenvalue weighted by atomic mass is 16.6. The highest BCUT2D eigenvalue weighted by Gasteiger charge is 2.25. The summed E-state index contributed by atoms with van der Waals surface area (Å²) in [6, 6.07) is 39.8. The molecule has 0 unspecified atom stereocenters. The number of carbonyl (C=O) groups is 1. The lowest BCUT2D eigenvalue weighted by Gasteiger charge is -2.18. The first-order valence-corrected chi connectivity index (χ1v) is 13.9. The van der Waals surface area contributed by atoms with Gasteiger partial charge in [0, 0.05) is 11.1 Å². The van der Waals surface area contributed by atoms with Crippen LogP contribution in [0.1, 0.15) is 10.4 Å². The number of carbonyl (C=O) groups excluding carboxylic acids is 1. The fraction of sp³-hybridized carbons (Fsp3) is 0.108. The summed E-state index contributed by atoms with van der Waals surface area (Å²) in [6.07, 6.45) is -0.615. The summed E-state index contributed by atoms with van der Waals surface area (Å²) in [7, 11) is 1.64. The van der Waals surface area contributed by atoms with Crippen molar-refractivity contribution in [3.8, 4) is 39.5 Å². The summed E-state index contributed by atoms with van der Waals surface area (Å²) >= 11 is 0. The zero-order valence-electron chi connectivity index (χ0n) is 23.1. The second-order valence-corrected chi connectivity index (χ2v) is 10.3. The number of esters is 1. The van der Waals surface area contributed by atoms with E-state index in [-0.39, 0.29) is 13.2 Å². The summed E-state index contributed by atoms with van der Waals surface area (Å²) in [6.45, 7) is 0.319. The van der Waals surface area contributed by atoms with Crippen LogP contribution in [0.2, 0.25) is 0 Å². The number of hydrogen-bond donors (Lipinski definition) is 0. The van der Waals surface area contributed by atoms with Crippen LogP contribution in [-0.4, -0.2) is 32.4 Å². The molecule has 6 aromatic rings. The van der Waals surface area contributed by atoms with Crippen LogP contribution in [0, 0.1) is 0 Å². The number of methoxy groups -OCH3 is 1. The Morgan fingerprint density at radius 2 is 1.12 bits per heavy atom. The van der Waals surface area contributed by atoms with Crippen LogP contribution in [0.5, 0.6) is 17.2 Å². The van der Waals surface area contributed by atoms with Gasteiger partial charge in [-0.05, 0) is 69.1 Å². The second-order valence-electron chi connectivity index (χ2n) is 10.3. The van der Waals surface area contributed by atoms with Crippen molar-refractivity contribution in [2.75, 3.05) is 20.3 Å². The number of rotatable bonds is 4. The minimum atomic E-state index is -0.615. The van der Waals surface area contributed by atoms with Crippen LogP contribution in [0.4, 0.5) is 0 Å². The molecule has 6 aromatic carbocycles. The van der Waals surface area contributed by atoms with E-state index in [0.717, 1.165) is 61.0 Å². The topological polar surface area (TPSA) is 54.0 Å². The molecule has 5 heteroatoms. The first-order chi connectivity index (χ1) is 20.7. The third-order valence-corrected chi connectivity index (χ3v) is 7.70. The van der Waals surface area contributed by atoms with Gasteiger partial charge in [-0.25, -0.2) is 4.79 Å². The minimum absolute atomic E-state index is 0.160. The van der Waals surface area contributed by atoms with Crippen LogP contribution in [-0.2, 0) is 4.74 Å². The van der Waals surface area contributed by atoms with Gasteiger partial charge in [-0.15, -0.1) is 0 Å². The Morgan fingerprint density at radius 3 is 1.64 bits per heavy atom. The quantitative estimate of drug-likeness (QED) is 0.206. The molecule has 7 rings (SSSR count). The van der Waals surface area contributed by atoms with Crippen molar-refractivity contribution in [3.05, 3.63) is 127 Å². The Labute approximate surface area is 243 Å². The van der Waals surface area contributed by atoms with E-state index in [2.05, 4.69) is 36.4 Å². The summed E-state index contributed by atoms with van der Waals surface area (Å²) in [5, 5.41) is 4.37. The number of fused-ring (bicyclic) bond motifs is 7. The molecule has 1 aliphatic heterocycles. The van der Waals surface area contributed by atoms with Gasteiger partial charge in [0.15, 0.2) is 6.10 Å². The lowest BCUT2D eigenvalue weighted by molar-refractivity contribution is 0.00320. The normalized spacial score (nSPS) is 13.1. The molecule has 42 heavy (non-hydrogen) atoms. The Bertz CT molecular complexity index is 1820. The van der Waals surface area contributed by atoms with Gasteiger partial charge in [-0.2, -0.15) is 0 Å². The first-order valence-electron chi connectivity index (χ1n) is 13.9. The molecule has 0 spiro atoms. The van der Waals surface area contributed by atoms with E-state index < -0.39 is 12.1 Å². The molecule has 206 valence electrons. The predicted octanol–water partition coefficient (Wildman–Crippen LogP) is 8.33. The zero-order valence-corrected chi connectivity index (χ0v) is 23.1. The van der Waals surface area contributed by atoms with Crippen LogP contribution in [0.15, 0.2) is 121 Å². The molecule has 5 nitrogen and oxygen atoms in total. The Kier molecular flexibility index (Phi) is 6.68. The molecule has 0 bridgehead atoms. The van der Waals surface area contributed by atoms with Gasteiger partial charge in [0.1, 0.15) is 30.5 Å². The molecular weight excluding hydrogens is 524 g/mol. The van der Waals surface area contributed by atoms with Gasteiger partial charge in [0.05, 0.1) is 12.7 Å². The summed E-state index contributed by atoms with van der Waals surface area (Å²) in [5.41, 5.74) is 4.44. The molecule has 0 radical (unpaired) electrons. The lowest BCUT2D eigenvalue weighted by Crippen LogP contribution is -2.31. The fourth-order valence-electron chi connectivity index (χ4n) is 5.54. The molecule has 0 aliphatic carbocycles. The van der Waals surface area contributed by atoms with E-state index in [1.165, 1.54) is 0 Å². The average Bonchev–Trinajstić information content (AvgIpc) is 3.13. The molecule has 0 aromatic heterocycles. The van der Waals surface area contributed by atoms with E-state index in [1.807, 2.05) is 72.8 Å². The van der Waals surface area contributed by atoms with E-state index in [0.29, 0.717) is 5.56 Å². The summed E-state index contributed by atoms with van der Waals surface area (Å²) < 4.78 is 24.0. The Hall–Kier alpha value is -5.29. The van der Waals surface area contributed by atoms with Gasteiger partial charge < -0.3 is 18.9 Å². The highest BCUT2D eigenvalue weighted by Crippen LogP contribution is 2.46. The second kappa shape index (κ2) is 10.9. The van der Waals surface area contributed by atoms with Crippen molar-refractivity contribution in [3.63, 3.8) is 0 Å². The van der Waals surface area contributed by atoms with Crippen molar-refractivity contribution in [2.45, 2.75) is 6.10 Å².